The number of rotatable bonds is 3. The van der Waals surface area contributed by atoms with Crippen molar-refractivity contribution in [3.63, 3.8) is 0 Å². The van der Waals surface area contributed by atoms with Gasteiger partial charge in [-0.2, -0.15) is 0 Å². The fraction of sp³-hybridized carbons (Fsp3) is 0.452. The van der Waals surface area contributed by atoms with Gasteiger partial charge in [0.25, 0.3) is 5.91 Å². The first kappa shape index (κ1) is 28.5. The van der Waals surface area contributed by atoms with Crippen LogP contribution in [0.3, 0.4) is 0 Å². The molecular weight excluding hydrogens is 526 g/mol. The molecule has 0 aliphatic heterocycles. The van der Waals surface area contributed by atoms with E-state index in [9.17, 15) is 34.8 Å². The molecule has 1 aromatic carbocycles. The Kier molecular flexibility index (Phi) is 7.00. The highest BCUT2D eigenvalue weighted by Crippen LogP contribution is 2.53. The number of phenolic OH excluding ortho intramolecular Hbond substituents is 1. The van der Waals surface area contributed by atoms with Gasteiger partial charge in [-0.05, 0) is 75.7 Å². The van der Waals surface area contributed by atoms with Crippen molar-refractivity contribution < 1.29 is 34.8 Å². The van der Waals surface area contributed by atoms with Gasteiger partial charge in [0.1, 0.15) is 22.8 Å². The number of amides is 1. The molecule has 4 atom stereocenters. The summed E-state index contributed by atoms with van der Waals surface area (Å²) in [6.45, 7) is 0. The second-order valence-corrected chi connectivity index (χ2v) is 11.7. The van der Waals surface area contributed by atoms with Crippen LogP contribution < -0.4 is 10.6 Å². The molecule has 0 heterocycles. The number of ketones is 2. The SMILES string of the molecule is CN(C)c1cc(C#CC2=CCCCC2)c(O)c2c1CC1CC3C(N(C)C)C(O)=C(C(N)=O)C(=O)C3(O)C(O)=C1C2=O. The van der Waals surface area contributed by atoms with Crippen LogP contribution in [0.25, 0.3) is 0 Å². The van der Waals surface area contributed by atoms with E-state index in [-0.39, 0.29) is 35.3 Å². The number of allylic oxidation sites excluding steroid dienone is 3. The molecule has 41 heavy (non-hydrogen) atoms. The number of hydrogen-bond donors (Lipinski definition) is 5. The summed E-state index contributed by atoms with van der Waals surface area (Å²) in [6.07, 6.45) is 6.26. The maximum absolute atomic E-state index is 14.1. The van der Waals surface area contributed by atoms with E-state index < -0.39 is 58.0 Å². The Hall–Kier alpha value is -4.07. The molecule has 6 N–H and O–H groups in total. The molecule has 1 amide bonds. The number of fused-ring (bicyclic) bond motifs is 3. The molecule has 0 saturated carbocycles. The summed E-state index contributed by atoms with van der Waals surface area (Å²) >= 11 is 0. The highest BCUT2D eigenvalue weighted by atomic mass is 16.3. The summed E-state index contributed by atoms with van der Waals surface area (Å²) < 4.78 is 0. The van der Waals surface area contributed by atoms with Crippen LogP contribution >= 0.6 is 0 Å². The fourth-order valence-corrected chi connectivity index (χ4v) is 6.89. The van der Waals surface area contributed by atoms with E-state index in [1.165, 1.54) is 4.90 Å². The molecule has 0 aromatic heterocycles. The van der Waals surface area contributed by atoms with Gasteiger partial charge < -0.3 is 31.1 Å². The first-order valence-electron chi connectivity index (χ1n) is 13.7. The third kappa shape index (κ3) is 4.23. The molecule has 4 aliphatic carbocycles. The third-order valence-corrected chi connectivity index (χ3v) is 8.83. The minimum atomic E-state index is -2.67. The lowest BCUT2D eigenvalue weighted by Crippen LogP contribution is -2.63. The number of carbonyl (C=O) groups excluding carboxylic acids is 3. The topological polar surface area (TPSA) is 165 Å². The van der Waals surface area contributed by atoms with Gasteiger partial charge in [0, 0.05) is 31.3 Å². The highest BCUT2D eigenvalue weighted by molar-refractivity contribution is 6.25. The predicted octanol–water partition coefficient (Wildman–Crippen LogP) is 2.04. The average Bonchev–Trinajstić information content (AvgIpc) is 2.90. The zero-order valence-corrected chi connectivity index (χ0v) is 23.6. The lowest BCUT2D eigenvalue weighted by atomic mass is 9.58. The van der Waals surface area contributed by atoms with Gasteiger partial charge in [0.15, 0.2) is 11.4 Å². The zero-order chi connectivity index (χ0) is 30.0. The van der Waals surface area contributed by atoms with Gasteiger partial charge in [-0.3, -0.25) is 19.3 Å². The van der Waals surface area contributed by atoms with Gasteiger partial charge in [-0.15, -0.1) is 0 Å². The van der Waals surface area contributed by atoms with Gasteiger partial charge in [-0.25, -0.2) is 0 Å². The van der Waals surface area contributed by atoms with Crippen LogP contribution in [0.15, 0.2) is 40.4 Å². The van der Waals surface area contributed by atoms with E-state index in [0.29, 0.717) is 11.3 Å². The Labute approximate surface area is 238 Å². The first-order chi connectivity index (χ1) is 19.3. The van der Waals surface area contributed by atoms with Crippen molar-refractivity contribution >= 4 is 23.2 Å². The molecule has 4 unspecified atom stereocenters. The minimum absolute atomic E-state index is 0.0368. The molecule has 216 valence electrons. The van der Waals surface area contributed by atoms with Crippen LogP contribution in [-0.2, 0) is 16.0 Å². The summed E-state index contributed by atoms with van der Waals surface area (Å²) in [5.74, 6) is -0.623. The predicted molar refractivity (Wildman–Crippen MR) is 151 cm³/mol. The first-order valence-corrected chi connectivity index (χ1v) is 13.7. The maximum Gasteiger partial charge on any atom is 0.255 e. The number of anilines is 1. The van der Waals surface area contributed by atoms with Crippen molar-refractivity contribution in [1.82, 2.24) is 4.90 Å². The molecule has 1 aromatic rings. The number of likely N-dealkylation sites (N-methyl/N-ethyl adjacent to an activating group) is 1. The maximum atomic E-state index is 14.1. The number of aromatic hydroxyl groups is 1. The van der Waals surface area contributed by atoms with E-state index in [4.69, 9.17) is 5.73 Å². The van der Waals surface area contributed by atoms with Crippen LogP contribution in [0, 0.1) is 23.7 Å². The Morgan fingerprint density at radius 2 is 1.80 bits per heavy atom. The molecule has 0 radical (unpaired) electrons. The lowest BCUT2D eigenvalue weighted by molar-refractivity contribution is -0.148. The van der Waals surface area contributed by atoms with E-state index in [1.807, 2.05) is 19.0 Å². The number of carbonyl (C=O) groups is 3. The number of aliphatic hydroxyl groups is 3. The van der Waals surface area contributed by atoms with Crippen LogP contribution in [0.5, 0.6) is 5.75 Å². The fourth-order valence-electron chi connectivity index (χ4n) is 6.89. The van der Waals surface area contributed by atoms with Crippen LogP contribution in [0.1, 0.15) is 53.6 Å². The number of benzene rings is 1. The number of nitrogens with two attached hydrogens (primary N) is 1. The Bertz CT molecular complexity index is 1540. The zero-order valence-electron chi connectivity index (χ0n) is 23.6. The van der Waals surface area contributed by atoms with Crippen LogP contribution in [0.4, 0.5) is 5.69 Å². The van der Waals surface area contributed by atoms with Crippen molar-refractivity contribution in [2.75, 3.05) is 33.1 Å². The molecule has 10 nitrogen and oxygen atoms in total. The van der Waals surface area contributed by atoms with Gasteiger partial charge in [0.05, 0.1) is 17.2 Å². The molecule has 4 aliphatic rings. The molecule has 0 spiro atoms. The summed E-state index contributed by atoms with van der Waals surface area (Å²) in [4.78, 5) is 43.1. The minimum Gasteiger partial charge on any atom is -0.510 e. The molecule has 5 rings (SSSR count). The molecular formula is C31H35N3O7. The Morgan fingerprint density at radius 1 is 1.10 bits per heavy atom. The van der Waals surface area contributed by atoms with E-state index in [0.717, 1.165) is 31.3 Å². The van der Waals surface area contributed by atoms with E-state index >= 15 is 0 Å². The quantitative estimate of drug-likeness (QED) is 0.274. The van der Waals surface area contributed by atoms with Gasteiger partial charge >= 0.3 is 0 Å². The average molecular weight is 562 g/mol. The standard InChI is InChI=1S/C31H35N3O7/c1-33(2)20-14-16(11-10-15-8-6-5-7-9-15)25(35)22-18(20)12-17-13-19-24(34(3)4)27(37)23(30(32)40)29(39)31(19,41)28(38)21(17)26(22)36/h8,14,17,19,24,35,37-38,41H,5-7,9,12-13H2,1-4H3,(H2,32,40). The number of hydrogen-bond acceptors (Lipinski definition) is 9. The Balaban J connectivity index is 1.70. The third-order valence-electron chi connectivity index (χ3n) is 8.83. The van der Waals surface area contributed by atoms with Crippen molar-refractivity contribution in [3.05, 3.63) is 57.1 Å². The summed E-state index contributed by atoms with van der Waals surface area (Å²) in [5, 5.41) is 45.5. The van der Waals surface area contributed by atoms with Gasteiger partial charge in [-0.1, -0.05) is 17.9 Å². The largest absolute Gasteiger partial charge is 0.510 e. The second kappa shape index (κ2) is 10.1. The Morgan fingerprint density at radius 3 is 2.39 bits per heavy atom. The smallest absolute Gasteiger partial charge is 0.255 e. The number of Topliss-reactive ketones (excluding diaryl/α,β-unsaturated/α-hetero) is 2. The van der Waals surface area contributed by atoms with Crippen molar-refractivity contribution in [2.24, 2.45) is 17.6 Å². The number of nitrogens with zero attached hydrogens (tertiary/aromatic N) is 2. The molecule has 0 saturated heterocycles. The number of primary amides is 1. The molecule has 0 bridgehead atoms. The second-order valence-electron chi connectivity index (χ2n) is 11.7. The number of aliphatic hydroxyl groups excluding tert-OH is 2. The summed E-state index contributed by atoms with van der Waals surface area (Å²) in [5.41, 5.74) is 4.13. The van der Waals surface area contributed by atoms with Gasteiger partial charge in [0.2, 0.25) is 5.78 Å². The highest BCUT2D eigenvalue weighted by Gasteiger charge is 2.63. The molecule has 0 fully saturated rings. The van der Waals surface area contributed by atoms with Crippen LogP contribution in [0.2, 0.25) is 0 Å². The van der Waals surface area contributed by atoms with Crippen molar-refractivity contribution in [3.8, 4) is 17.6 Å². The monoisotopic (exact) mass is 561 g/mol. The normalized spacial score (nSPS) is 27.5. The summed E-state index contributed by atoms with van der Waals surface area (Å²) in [6, 6.07) is 0.709. The summed E-state index contributed by atoms with van der Waals surface area (Å²) in [7, 11) is 6.83. The number of phenols is 1. The van der Waals surface area contributed by atoms with Crippen molar-refractivity contribution in [1.29, 1.82) is 0 Å². The lowest BCUT2D eigenvalue weighted by Gasteiger charge is -2.50. The van der Waals surface area contributed by atoms with E-state index in [1.54, 1.807) is 20.2 Å². The van der Waals surface area contributed by atoms with E-state index in [2.05, 4.69) is 17.9 Å². The molecule has 10 heteroatoms. The van der Waals surface area contributed by atoms with Crippen LogP contribution in [-0.4, -0.2) is 82.6 Å². The van der Waals surface area contributed by atoms with Crippen molar-refractivity contribution in [2.45, 2.75) is 50.2 Å².